The quantitative estimate of drug-likeness (QED) is 0.935. The standard InChI is InChI=1S/C14H17ClN4O/c15-12-4-2-1-3-11(12)13(20)5-6-18-7-8-19-10-16-17-14(19)9-18/h1-4,10,13,20H,5-9H2. The second-order valence-electron chi connectivity index (χ2n) is 5.04. The molecule has 0 fully saturated rings. The number of halogens is 1. The molecular formula is C14H17ClN4O. The number of rotatable bonds is 4. The molecule has 2 aromatic rings. The van der Waals surface area contributed by atoms with E-state index < -0.39 is 6.10 Å². The summed E-state index contributed by atoms with van der Waals surface area (Å²) in [6, 6.07) is 7.45. The van der Waals surface area contributed by atoms with Gasteiger partial charge < -0.3 is 9.67 Å². The van der Waals surface area contributed by atoms with Gasteiger partial charge in [-0.2, -0.15) is 0 Å². The molecule has 5 nitrogen and oxygen atoms in total. The zero-order valence-corrected chi connectivity index (χ0v) is 11.9. The van der Waals surface area contributed by atoms with Gasteiger partial charge >= 0.3 is 0 Å². The minimum atomic E-state index is -0.525. The summed E-state index contributed by atoms with van der Waals surface area (Å²) in [7, 11) is 0. The lowest BCUT2D eigenvalue weighted by Gasteiger charge is -2.27. The van der Waals surface area contributed by atoms with Crippen molar-refractivity contribution in [2.75, 3.05) is 13.1 Å². The van der Waals surface area contributed by atoms with E-state index in [1.807, 2.05) is 24.3 Å². The van der Waals surface area contributed by atoms with E-state index >= 15 is 0 Å². The highest BCUT2D eigenvalue weighted by atomic mass is 35.5. The monoisotopic (exact) mass is 292 g/mol. The summed E-state index contributed by atoms with van der Waals surface area (Å²) in [5, 5.41) is 18.9. The van der Waals surface area contributed by atoms with Crippen LogP contribution in [0.1, 0.15) is 23.9 Å². The smallest absolute Gasteiger partial charge is 0.147 e. The van der Waals surface area contributed by atoms with Crippen LogP contribution in [0, 0.1) is 0 Å². The SMILES string of the molecule is OC(CCN1CCn2cnnc2C1)c1ccccc1Cl. The lowest BCUT2D eigenvalue weighted by atomic mass is 10.1. The summed E-state index contributed by atoms with van der Waals surface area (Å²) in [6.07, 6.45) is 1.91. The van der Waals surface area contributed by atoms with Crippen LogP contribution in [0.4, 0.5) is 0 Å². The first kappa shape index (κ1) is 13.5. The average Bonchev–Trinajstić information content (AvgIpc) is 2.92. The van der Waals surface area contributed by atoms with E-state index in [0.29, 0.717) is 11.4 Å². The van der Waals surface area contributed by atoms with Gasteiger partial charge in [-0.1, -0.05) is 29.8 Å². The van der Waals surface area contributed by atoms with E-state index in [2.05, 4.69) is 19.7 Å². The molecule has 0 saturated carbocycles. The molecular weight excluding hydrogens is 276 g/mol. The van der Waals surface area contributed by atoms with Crippen molar-refractivity contribution in [3.8, 4) is 0 Å². The van der Waals surface area contributed by atoms with Crippen LogP contribution >= 0.6 is 11.6 Å². The molecule has 0 radical (unpaired) electrons. The molecule has 1 atom stereocenters. The number of benzene rings is 1. The van der Waals surface area contributed by atoms with Crippen molar-refractivity contribution in [2.45, 2.75) is 25.6 Å². The Labute approximate surface area is 122 Å². The largest absolute Gasteiger partial charge is 0.388 e. The number of hydrogen-bond donors (Lipinski definition) is 1. The third-order valence-corrected chi connectivity index (χ3v) is 4.05. The molecule has 0 saturated heterocycles. The van der Waals surface area contributed by atoms with Crippen LogP contribution in [0.5, 0.6) is 0 Å². The van der Waals surface area contributed by atoms with E-state index in [9.17, 15) is 5.11 Å². The van der Waals surface area contributed by atoms with E-state index in [0.717, 1.165) is 37.6 Å². The molecule has 0 amide bonds. The first-order valence-corrected chi connectivity index (χ1v) is 7.13. The number of nitrogens with zero attached hydrogens (tertiary/aromatic N) is 4. The van der Waals surface area contributed by atoms with Crippen molar-refractivity contribution < 1.29 is 5.11 Å². The molecule has 0 spiro atoms. The fourth-order valence-electron chi connectivity index (χ4n) is 2.51. The van der Waals surface area contributed by atoms with Gasteiger partial charge in [-0.15, -0.1) is 10.2 Å². The van der Waals surface area contributed by atoms with Crippen LogP contribution in [-0.4, -0.2) is 37.9 Å². The van der Waals surface area contributed by atoms with Crippen molar-refractivity contribution in [1.82, 2.24) is 19.7 Å². The number of fused-ring (bicyclic) bond motifs is 1. The molecule has 0 bridgehead atoms. The Hall–Kier alpha value is -1.43. The second-order valence-corrected chi connectivity index (χ2v) is 5.45. The molecule has 1 N–H and O–H groups in total. The topological polar surface area (TPSA) is 54.2 Å². The van der Waals surface area contributed by atoms with Gasteiger partial charge in [0.05, 0.1) is 12.6 Å². The van der Waals surface area contributed by atoms with Gasteiger partial charge in [-0.05, 0) is 18.1 Å². The third kappa shape index (κ3) is 2.85. The maximum Gasteiger partial charge on any atom is 0.147 e. The van der Waals surface area contributed by atoms with Crippen molar-refractivity contribution in [2.24, 2.45) is 0 Å². The van der Waals surface area contributed by atoms with Crippen LogP contribution < -0.4 is 0 Å². The van der Waals surface area contributed by atoms with E-state index in [-0.39, 0.29) is 0 Å². The molecule has 20 heavy (non-hydrogen) atoms. The molecule has 0 aliphatic carbocycles. The van der Waals surface area contributed by atoms with Gasteiger partial charge in [0.1, 0.15) is 12.2 Å². The van der Waals surface area contributed by atoms with Crippen molar-refractivity contribution in [1.29, 1.82) is 0 Å². The summed E-state index contributed by atoms with van der Waals surface area (Å²) in [6.45, 7) is 3.47. The third-order valence-electron chi connectivity index (χ3n) is 3.70. The molecule has 3 rings (SSSR count). The van der Waals surface area contributed by atoms with Crippen molar-refractivity contribution >= 4 is 11.6 Å². The zero-order chi connectivity index (χ0) is 13.9. The molecule has 1 aliphatic heterocycles. The Morgan fingerprint density at radius 3 is 3.00 bits per heavy atom. The molecule has 1 aromatic heterocycles. The fraction of sp³-hybridized carbons (Fsp3) is 0.429. The van der Waals surface area contributed by atoms with Crippen LogP contribution in [0.3, 0.4) is 0 Å². The van der Waals surface area contributed by atoms with Crippen LogP contribution in [-0.2, 0) is 13.1 Å². The summed E-state index contributed by atoms with van der Waals surface area (Å²) < 4.78 is 2.07. The maximum atomic E-state index is 10.2. The van der Waals surface area contributed by atoms with Gasteiger partial charge in [0.2, 0.25) is 0 Å². The van der Waals surface area contributed by atoms with Gasteiger partial charge in [0.25, 0.3) is 0 Å². The Morgan fingerprint density at radius 2 is 2.15 bits per heavy atom. The Balaban J connectivity index is 1.57. The molecule has 1 unspecified atom stereocenters. The van der Waals surface area contributed by atoms with E-state index in [1.54, 1.807) is 6.33 Å². The van der Waals surface area contributed by atoms with Crippen LogP contribution in [0.15, 0.2) is 30.6 Å². The minimum absolute atomic E-state index is 0.525. The Morgan fingerprint density at radius 1 is 1.30 bits per heavy atom. The molecule has 2 heterocycles. The first-order valence-electron chi connectivity index (χ1n) is 6.75. The highest BCUT2D eigenvalue weighted by molar-refractivity contribution is 6.31. The van der Waals surface area contributed by atoms with Gasteiger partial charge in [-0.3, -0.25) is 4.90 Å². The predicted octanol–water partition coefficient (Wildman–Crippen LogP) is 1.87. The normalized spacial score (nSPS) is 16.9. The van der Waals surface area contributed by atoms with Crippen molar-refractivity contribution in [3.63, 3.8) is 0 Å². The molecule has 106 valence electrons. The number of hydrogen-bond acceptors (Lipinski definition) is 4. The number of aliphatic hydroxyl groups excluding tert-OH is 1. The van der Waals surface area contributed by atoms with Gasteiger partial charge in [0.15, 0.2) is 0 Å². The predicted molar refractivity (Wildman–Crippen MR) is 76.3 cm³/mol. The molecule has 1 aromatic carbocycles. The highest BCUT2D eigenvalue weighted by Crippen LogP contribution is 2.25. The average molecular weight is 293 g/mol. The number of aromatic nitrogens is 3. The van der Waals surface area contributed by atoms with E-state index in [4.69, 9.17) is 11.6 Å². The van der Waals surface area contributed by atoms with Crippen LogP contribution in [0.2, 0.25) is 5.02 Å². The van der Waals surface area contributed by atoms with E-state index in [1.165, 1.54) is 0 Å². The minimum Gasteiger partial charge on any atom is -0.388 e. The summed E-state index contributed by atoms with van der Waals surface area (Å²) in [5.41, 5.74) is 0.800. The molecule has 1 aliphatic rings. The fourth-order valence-corrected chi connectivity index (χ4v) is 2.77. The first-order chi connectivity index (χ1) is 9.74. The maximum absolute atomic E-state index is 10.2. The summed E-state index contributed by atoms with van der Waals surface area (Å²) >= 11 is 6.10. The highest BCUT2D eigenvalue weighted by Gasteiger charge is 2.19. The van der Waals surface area contributed by atoms with Crippen molar-refractivity contribution in [3.05, 3.63) is 47.0 Å². The zero-order valence-electron chi connectivity index (χ0n) is 11.1. The van der Waals surface area contributed by atoms with Crippen LogP contribution in [0.25, 0.3) is 0 Å². The van der Waals surface area contributed by atoms with Gasteiger partial charge in [-0.25, -0.2) is 0 Å². The van der Waals surface area contributed by atoms with Gasteiger partial charge in [0, 0.05) is 24.7 Å². The Bertz CT molecular complexity index is 586. The molecule has 6 heteroatoms. The second kappa shape index (κ2) is 5.91. The lowest BCUT2D eigenvalue weighted by Crippen LogP contribution is -2.34. The lowest BCUT2D eigenvalue weighted by molar-refractivity contribution is 0.130. The summed E-state index contributed by atoms with van der Waals surface area (Å²) in [4.78, 5) is 2.28. The number of aliphatic hydroxyl groups is 1. The summed E-state index contributed by atoms with van der Waals surface area (Å²) in [5.74, 6) is 0.989. The Kier molecular flexibility index (Phi) is 4.00.